The molecule has 0 unspecified atom stereocenters. The second-order valence-electron chi connectivity index (χ2n) is 5.95. The fourth-order valence-corrected chi connectivity index (χ4v) is 3.29. The van der Waals surface area contributed by atoms with E-state index in [0.717, 1.165) is 5.75 Å². The molecule has 5 atom stereocenters. The third kappa shape index (κ3) is 4.03. The number of nitrogens with zero attached hydrogens (tertiary/aromatic N) is 3. The summed E-state index contributed by atoms with van der Waals surface area (Å²) in [6.45, 7) is 1.45. The van der Waals surface area contributed by atoms with Crippen molar-refractivity contribution in [2.45, 2.75) is 42.8 Å². The van der Waals surface area contributed by atoms with Gasteiger partial charge in [0.05, 0.1) is 6.61 Å². The van der Waals surface area contributed by atoms with E-state index < -0.39 is 37.3 Å². The predicted octanol–water partition coefficient (Wildman–Crippen LogP) is -1.05. The van der Waals surface area contributed by atoms with Gasteiger partial charge in [-0.3, -0.25) is 0 Å². The van der Waals surface area contributed by atoms with E-state index in [-0.39, 0.29) is 0 Å². The van der Waals surface area contributed by atoms with Gasteiger partial charge in [-0.15, -0.1) is 10.2 Å². The van der Waals surface area contributed by atoms with E-state index in [9.17, 15) is 20.4 Å². The Morgan fingerprint density at radius 2 is 2.00 bits per heavy atom. The number of hydrogen-bond acceptors (Lipinski definition) is 10. The summed E-state index contributed by atoms with van der Waals surface area (Å²) in [4.78, 5) is 0. The molecule has 0 spiro atoms. The van der Waals surface area contributed by atoms with Crippen LogP contribution in [0.5, 0.6) is 5.75 Å². The number of rotatable bonds is 6. The van der Waals surface area contributed by atoms with E-state index in [0.29, 0.717) is 22.3 Å². The van der Waals surface area contributed by atoms with Crippen LogP contribution >= 0.6 is 11.8 Å². The highest BCUT2D eigenvalue weighted by molar-refractivity contribution is 7.99. The van der Waals surface area contributed by atoms with Gasteiger partial charge in [-0.25, -0.2) is 4.68 Å². The Kier molecular flexibility index (Phi) is 6.19. The number of nitrogen functional groups attached to an aromatic ring is 1. The molecule has 1 aliphatic rings. The van der Waals surface area contributed by atoms with Crippen molar-refractivity contribution >= 4 is 11.8 Å². The number of ether oxygens (including phenoxy) is 2. The Morgan fingerprint density at radius 1 is 1.22 bits per heavy atom. The Labute approximate surface area is 159 Å². The van der Waals surface area contributed by atoms with Gasteiger partial charge >= 0.3 is 0 Å². The molecule has 11 heteroatoms. The number of aliphatic hydroxyl groups is 4. The Hall–Kier alpha value is -1.89. The van der Waals surface area contributed by atoms with Gasteiger partial charge in [0.1, 0.15) is 30.2 Å². The summed E-state index contributed by atoms with van der Waals surface area (Å²) in [5.74, 6) is 7.58. The zero-order valence-electron chi connectivity index (χ0n) is 14.5. The van der Waals surface area contributed by atoms with Crippen LogP contribution in [0.4, 0.5) is 0 Å². The summed E-state index contributed by atoms with van der Waals surface area (Å²) in [6.07, 6.45) is -6.75. The van der Waals surface area contributed by atoms with E-state index in [4.69, 9.17) is 15.3 Å². The first-order valence-electron chi connectivity index (χ1n) is 8.37. The fraction of sp³-hybridized carbons (Fsp3) is 0.500. The first-order chi connectivity index (χ1) is 13.0. The minimum absolute atomic E-state index is 0.324. The first kappa shape index (κ1) is 19.9. The second kappa shape index (κ2) is 8.42. The van der Waals surface area contributed by atoms with Crippen LogP contribution in [-0.4, -0.2) is 78.4 Å². The topological polar surface area (TPSA) is 156 Å². The normalized spacial score (nSPS) is 28.3. The van der Waals surface area contributed by atoms with E-state index >= 15 is 0 Å². The van der Waals surface area contributed by atoms with Gasteiger partial charge in [0.25, 0.3) is 0 Å². The maximum atomic E-state index is 10.1. The second-order valence-corrected chi connectivity index (χ2v) is 7.18. The number of aliphatic hydroxyl groups excluding tert-OH is 4. The van der Waals surface area contributed by atoms with Crippen LogP contribution in [0, 0.1) is 0 Å². The lowest BCUT2D eigenvalue weighted by Crippen LogP contribution is -2.60. The number of benzene rings is 1. The van der Waals surface area contributed by atoms with Gasteiger partial charge in [-0.1, -0.05) is 30.8 Å². The van der Waals surface area contributed by atoms with E-state index in [1.807, 2.05) is 6.92 Å². The predicted molar refractivity (Wildman–Crippen MR) is 96.4 cm³/mol. The van der Waals surface area contributed by atoms with Gasteiger partial charge in [0, 0.05) is 5.56 Å². The molecule has 6 N–H and O–H groups in total. The number of hydrogen-bond donors (Lipinski definition) is 5. The molecule has 1 aromatic carbocycles. The summed E-state index contributed by atoms with van der Waals surface area (Å²) in [7, 11) is 0. The molecule has 2 aromatic rings. The van der Waals surface area contributed by atoms with Crippen molar-refractivity contribution in [2.24, 2.45) is 0 Å². The SMILES string of the molecule is CCSc1nnc(-c2cccc(O[C@@H]3O[C@H](CO)[C@@H](O)[C@H](O)[C@H]3O)c2)n1N. The van der Waals surface area contributed by atoms with E-state index in [1.54, 1.807) is 24.3 Å². The molecule has 27 heavy (non-hydrogen) atoms. The van der Waals surface area contributed by atoms with E-state index in [2.05, 4.69) is 10.2 Å². The zero-order chi connectivity index (χ0) is 19.6. The Morgan fingerprint density at radius 3 is 2.70 bits per heavy atom. The van der Waals surface area contributed by atoms with Crippen molar-refractivity contribution < 1.29 is 29.9 Å². The number of thioether (sulfide) groups is 1. The van der Waals surface area contributed by atoms with Crippen LogP contribution in [0.15, 0.2) is 29.4 Å². The molecular weight excluding hydrogens is 376 g/mol. The number of nitrogens with two attached hydrogens (primary N) is 1. The van der Waals surface area contributed by atoms with Crippen molar-refractivity contribution in [3.05, 3.63) is 24.3 Å². The summed E-state index contributed by atoms with van der Waals surface area (Å²) in [5.41, 5.74) is 0.634. The van der Waals surface area contributed by atoms with Crippen LogP contribution in [0.2, 0.25) is 0 Å². The van der Waals surface area contributed by atoms with Crippen LogP contribution in [0.1, 0.15) is 6.92 Å². The van der Waals surface area contributed by atoms with Gasteiger partial charge < -0.3 is 35.7 Å². The number of aromatic nitrogens is 3. The van der Waals surface area contributed by atoms with E-state index in [1.165, 1.54) is 16.4 Å². The third-order valence-electron chi connectivity index (χ3n) is 4.13. The molecule has 3 rings (SSSR count). The molecule has 2 heterocycles. The molecule has 1 aromatic heterocycles. The maximum absolute atomic E-state index is 10.1. The largest absolute Gasteiger partial charge is 0.462 e. The molecule has 148 valence electrons. The highest BCUT2D eigenvalue weighted by atomic mass is 32.2. The smallest absolute Gasteiger partial charge is 0.229 e. The van der Waals surface area contributed by atoms with Gasteiger partial charge in [-0.05, 0) is 17.9 Å². The highest BCUT2D eigenvalue weighted by Gasteiger charge is 2.44. The molecule has 0 bridgehead atoms. The fourth-order valence-electron chi connectivity index (χ4n) is 2.71. The molecule has 1 aliphatic heterocycles. The molecule has 1 saturated heterocycles. The van der Waals surface area contributed by atoms with Gasteiger partial charge in [-0.2, -0.15) is 0 Å². The third-order valence-corrected chi connectivity index (χ3v) is 4.96. The van der Waals surface area contributed by atoms with Crippen LogP contribution in [-0.2, 0) is 4.74 Å². The summed E-state index contributed by atoms with van der Waals surface area (Å²) < 4.78 is 12.3. The lowest BCUT2D eigenvalue weighted by Gasteiger charge is -2.39. The average Bonchev–Trinajstić information content (AvgIpc) is 3.03. The Balaban J connectivity index is 1.80. The van der Waals surface area contributed by atoms with Crippen molar-refractivity contribution in [1.82, 2.24) is 14.9 Å². The molecule has 0 amide bonds. The zero-order valence-corrected chi connectivity index (χ0v) is 15.4. The molecule has 0 radical (unpaired) electrons. The molecular formula is C16H22N4O6S. The Bertz CT molecular complexity index is 773. The molecule has 0 aliphatic carbocycles. The molecule has 0 saturated carbocycles. The monoisotopic (exact) mass is 398 g/mol. The van der Waals surface area contributed by atoms with Crippen LogP contribution < -0.4 is 10.6 Å². The standard InChI is InChI=1S/C16H22N4O6S/c1-2-27-16-19-18-14(20(16)17)8-4-3-5-9(6-8)25-15-13(24)12(23)11(22)10(7-21)26-15/h3-6,10-13,15,21-24H,2,7,17H2,1H3/t10-,11-,12+,13-,15-/m1/s1. The molecule has 10 nitrogen and oxygen atoms in total. The average molecular weight is 398 g/mol. The highest BCUT2D eigenvalue weighted by Crippen LogP contribution is 2.28. The van der Waals surface area contributed by atoms with Gasteiger partial charge in [0.2, 0.25) is 11.4 Å². The molecule has 1 fully saturated rings. The van der Waals surface area contributed by atoms with Crippen molar-refractivity contribution in [3.8, 4) is 17.1 Å². The van der Waals surface area contributed by atoms with Crippen LogP contribution in [0.3, 0.4) is 0 Å². The van der Waals surface area contributed by atoms with Crippen molar-refractivity contribution in [1.29, 1.82) is 0 Å². The summed E-state index contributed by atoms with van der Waals surface area (Å²) >= 11 is 1.46. The maximum Gasteiger partial charge on any atom is 0.229 e. The lowest BCUT2D eigenvalue weighted by atomic mass is 9.99. The summed E-state index contributed by atoms with van der Waals surface area (Å²) in [5, 5.41) is 47.7. The van der Waals surface area contributed by atoms with Crippen molar-refractivity contribution in [2.75, 3.05) is 18.2 Å². The van der Waals surface area contributed by atoms with Crippen molar-refractivity contribution in [3.63, 3.8) is 0 Å². The first-order valence-corrected chi connectivity index (χ1v) is 9.35. The quantitative estimate of drug-likeness (QED) is 0.300. The van der Waals surface area contributed by atoms with Crippen LogP contribution in [0.25, 0.3) is 11.4 Å². The van der Waals surface area contributed by atoms with Gasteiger partial charge in [0.15, 0.2) is 5.82 Å². The lowest BCUT2D eigenvalue weighted by molar-refractivity contribution is -0.277. The summed E-state index contributed by atoms with van der Waals surface area (Å²) in [6, 6.07) is 6.74. The minimum atomic E-state index is -1.51. The minimum Gasteiger partial charge on any atom is -0.462 e.